The lowest BCUT2D eigenvalue weighted by Gasteiger charge is -2.19. The molecule has 0 aromatic heterocycles. The molecule has 1 aromatic carbocycles. The van der Waals surface area contributed by atoms with E-state index < -0.39 is 6.10 Å². The number of aliphatic hydroxyl groups is 2. The average Bonchev–Trinajstić information content (AvgIpc) is 3.19. The fourth-order valence-corrected chi connectivity index (χ4v) is 5.67. The van der Waals surface area contributed by atoms with Crippen LogP contribution in [0.1, 0.15) is 30.4 Å². The largest absolute Gasteiger partial charge is 0.392 e. The molecule has 4 nitrogen and oxygen atoms in total. The number of hydrogen-bond donors (Lipinski definition) is 2. The SMILES string of the molecule is Cc1cccc(C[C@@H](O)/C=C/[C@@H]2[C@H]3CC(CCSCC(=O)N(C)C)=C[C@H]3C[C@H]2O)c1. The average molecular weight is 430 g/mol. The summed E-state index contributed by atoms with van der Waals surface area (Å²) < 4.78 is 0. The molecule has 0 saturated heterocycles. The fourth-order valence-electron chi connectivity index (χ4n) is 4.69. The number of aryl methyl sites for hydroxylation is 1. The van der Waals surface area contributed by atoms with Crippen molar-refractivity contribution in [3.63, 3.8) is 0 Å². The van der Waals surface area contributed by atoms with E-state index in [9.17, 15) is 15.0 Å². The number of fused-ring (bicyclic) bond motifs is 1. The van der Waals surface area contributed by atoms with Crippen LogP contribution in [0.5, 0.6) is 0 Å². The number of carbonyl (C=O) groups excluding carboxylic acids is 1. The molecule has 30 heavy (non-hydrogen) atoms. The summed E-state index contributed by atoms with van der Waals surface area (Å²) in [5.41, 5.74) is 3.79. The predicted molar refractivity (Wildman–Crippen MR) is 124 cm³/mol. The Kier molecular flexibility index (Phi) is 8.20. The van der Waals surface area contributed by atoms with Crippen LogP contribution in [-0.2, 0) is 11.2 Å². The molecule has 1 aromatic rings. The van der Waals surface area contributed by atoms with E-state index in [0.717, 1.165) is 30.6 Å². The fraction of sp³-hybridized carbons (Fsp3) is 0.560. The smallest absolute Gasteiger partial charge is 0.232 e. The van der Waals surface area contributed by atoms with Gasteiger partial charge in [0.15, 0.2) is 0 Å². The van der Waals surface area contributed by atoms with Crippen molar-refractivity contribution in [1.29, 1.82) is 0 Å². The van der Waals surface area contributed by atoms with Crippen LogP contribution in [0.3, 0.4) is 0 Å². The van der Waals surface area contributed by atoms with Crippen molar-refractivity contribution in [2.24, 2.45) is 17.8 Å². The number of amides is 1. The van der Waals surface area contributed by atoms with Crippen LogP contribution in [0.25, 0.3) is 0 Å². The molecule has 0 unspecified atom stereocenters. The molecule has 2 N–H and O–H groups in total. The Morgan fingerprint density at radius 2 is 2.17 bits per heavy atom. The Balaban J connectivity index is 1.47. The topological polar surface area (TPSA) is 60.8 Å². The highest BCUT2D eigenvalue weighted by molar-refractivity contribution is 7.99. The van der Waals surface area contributed by atoms with Crippen molar-refractivity contribution in [3.05, 3.63) is 59.2 Å². The van der Waals surface area contributed by atoms with Crippen LogP contribution < -0.4 is 0 Å². The van der Waals surface area contributed by atoms with Gasteiger partial charge in [0.25, 0.3) is 0 Å². The number of carbonyl (C=O) groups is 1. The minimum Gasteiger partial charge on any atom is -0.392 e. The van der Waals surface area contributed by atoms with Crippen LogP contribution in [0.4, 0.5) is 0 Å². The van der Waals surface area contributed by atoms with E-state index in [-0.39, 0.29) is 17.9 Å². The molecule has 5 atom stereocenters. The Labute approximate surface area is 185 Å². The Bertz CT molecular complexity index is 788. The lowest BCUT2D eigenvalue weighted by Crippen LogP contribution is -2.23. The van der Waals surface area contributed by atoms with E-state index in [1.807, 2.05) is 18.2 Å². The second-order valence-electron chi connectivity index (χ2n) is 8.97. The standard InChI is InChI=1S/C25H35NO3S/c1-17-5-4-6-18(11-17)13-21(27)7-8-22-23-14-19(12-20(23)15-24(22)28)9-10-30-16-25(29)26(2)3/h4-8,11-12,20-24,27-28H,9-10,13-16H2,1-3H3/b8-7+/t20-,21-,22+,23-,24+/m0/s1. The summed E-state index contributed by atoms with van der Waals surface area (Å²) in [6.07, 6.45) is 8.87. The zero-order valence-electron chi connectivity index (χ0n) is 18.3. The molecule has 0 bridgehead atoms. The third-order valence-corrected chi connectivity index (χ3v) is 7.27. The second-order valence-corrected chi connectivity index (χ2v) is 10.1. The van der Waals surface area contributed by atoms with Gasteiger partial charge in [0.1, 0.15) is 0 Å². The molecule has 0 radical (unpaired) electrons. The predicted octanol–water partition coefficient (Wildman–Crippen LogP) is 3.61. The number of hydrogen-bond acceptors (Lipinski definition) is 4. The van der Waals surface area contributed by atoms with E-state index in [0.29, 0.717) is 24.0 Å². The third-order valence-electron chi connectivity index (χ3n) is 6.32. The van der Waals surface area contributed by atoms with Crippen LogP contribution in [0, 0.1) is 24.7 Å². The van der Waals surface area contributed by atoms with Gasteiger partial charge in [-0.15, -0.1) is 0 Å². The van der Waals surface area contributed by atoms with Crippen molar-refractivity contribution in [1.82, 2.24) is 4.90 Å². The number of benzene rings is 1. The van der Waals surface area contributed by atoms with E-state index in [4.69, 9.17) is 0 Å². The summed E-state index contributed by atoms with van der Waals surface area (Å²) in [4.78, 5) is 13.3. The van der Waals surface area contributed by atoms with Gasteiger partial charge in [0.05, 0.1) is 18.0 Å². The number of nitrogens with zero attached hydrogens (tertiary/aromatic N) is 1. The van der Waals surface area contributed by atoms with Gasteiger partial charge in [-0.05, 0) is 49.3 Å². The zero-order valence-corrected chi connectivity index (χ0v) is 19.1. The lowest BCUT2D eigenvalue weighted by atomic mass is 9.88. The Morgan fingerprint density at radius 1 is 1.37 bits per heavy atom. The van der Waals surface area contributed by atoms with E-state index in [2.05, 4.69) is 31.2 Å². The maximum absolute atomic E-state index is 11.7. The van der Waals surface area contributed by atoms with E-state index in [1.54, 1.807) is 30.8 Å². The maximum Gasteiger partial charge on any atom is 0.232 e. The summed E-state index contributed by atoms with van der Waals surface area (Å²) in [5, 5.41) is 21.0. The molecular weight excluding hydrogens is 394 g/mol. The summed E-state index contributed by atoms with van der Waals surface area (Å²) in [7, 11) is 3.58. The van der Waals surface area contributed by atoms with Crippen LogP contribution in [0.2, 0.25) is 0 Å². The molecule has 0 aliphatic heterocycles. The number of thioether (sulfide) groups is 1. The van der Waals surface area contributed by atoms with Crippen LogP contribution >= 0.6 is 11.8 Å². The minimum absolute atomic E-state index is 0.110. The van der Waals surface area contributed by atoms with Crippen LogP contribution in [0.15, 0.2) is 48.1 Å². The molecule has 1 fully saturated rings. The second kappa shape index (κ2) is 10.7. The molecule has 1 saturated carbocycles. The highest BCUT2D eigenvalue weighted by Gasteiger charge is 2.43. The van der Waals surface area contributed by atoms with Crippen molar-refractivity contribution < 1.29 is 15.0 Å². The molecule has 0 spiro atoms. The molecule has 1 amide bonds. The Hall–Kier alpha value is -1.56. The van der Waals surface area contributed by atoms with Gasteiger partial charge < -0.3 is 15.1 Å². The third kappa shape index (κ3) is 6.22. The molecule has 164 valence electrons. The van der Waals surface area contributed by atoms with Gasteiger partial charge in [-0.1, -0.05) is 53.6 Å². The van der Waals surface area contributed by atoms with Crippen molar-refractivity contribution in [3.8, 4) is 0 Å². The van der Waals surface area contributed by atoms with Gasteiger partial charge in [-0.25, -0.2) is 0 Å². The highest BCUT2D eigenvalue weighted by Crippen LogP contribution is 2.48. The molecule has 2 aliphatic carbocycles. The summed E-state index contributed by atoms with van der Waals surface area (Å²) in [6, 6.07) is 8.23. The van der Waals surface area contributed by atoms with Gasteiger partial charge in [-0.2, -0.15) is 11.8 Å². The quantitative estimate of drug-likeness (QED) is 0.465. The summed E-state index contributed by atoms with van der Waals surface area (Å²) in [5.74, 6) is 2.64. The maximum atomic E-state index is 11.7. The number of aliphatic hydroxyl groups excluding tert-OH is 2. The minimum atomic E-state index is -0.530. The number of rotatable bonds is 9. The first kappa shape index (κ1) is 23.1. The van der Waals surface area contributed by atoms with E-state index >= 15 is 0 Å². The van der Waals surface area contributed by atoms with Crippen molar-refractivity contribution in [2.45, 2.75) is 44.8 Å². The van der Waals surface area contributed by atoms with Crippen molar-refractivity contribution in [2.75, 3.05) is 25.6 Å². The molecule has 2 aliphatic rings. The molecule has 3 rings (SSSR count). The Morgan fingerprint density at radius 3 is 2.90 bits per heavy atom. The summed E-state index contributed by atoms with van der Waals surface area (Å²) in [6.45, 7) is 2.06. The summed E-state index contributed by atoms with van der Waals surface area (Å²) >= 11 is 1.69. The van der Waals surface area contributed by atoms with Gasteiger partial charge in [0, 0.05) is 26.4 Å². The number of allylic oxidation sites excluding steroid dienone is 2. The lowest BCUT2D eigenvalue weighted by molar-refractivity contribution is -0.125. The van der Waals surface area contributed by atoms with Gasteiger partial charge >= 0.3 is 0 Å². The van der Waals surface area contributed by atoms with Crippen LogP contribution in [-0.4, -0.2) is 58.8 Å². The molecular formula is C25H35NO3S. The molecule has 0 heterocycles. The first-order chi connectivity index (χ1) is 14.3. The highest BCUT2D eigenvalue weighted by atomic mass is 32.2. The monoisotopic (exact) mass is 429 g/mol. The van der Waals surface area contributed by atoms with Gasteiger partial charge in [-0.3, -0.25) is 4.79 Å². The van der Waals surface area contributed by atoms with Crippen molar-refractivity contribution >= 4 is 17.7 Å². The van der Waals surface area contributed by atoms with Gasteiger partial charge in [0.2, 0.25) is 5.91 Å². The first-order valence-corrected chi connectivity index (χ1v) is 12.1. The van der Waals surface area contributed by atoms with E-state index in [1.165, 1.54) is 11.1 Å². The zero-order chi connectivity index (χ0) is 21.7. The first-order valence-electron chi connectivity index (χ1n) is 10.9. The molecule has 5 heteroatoms. The normalized spacial score (nSPS) is 26.6.